The van der Waals surface area contributed by atoms with Gasteiger partial charge in [0.2, 0.25) is 0 Å². The predicted molar refractivity (Wildman–Crippen MR) is 54.0 cm³/mol. The summed E-state index contributed by atoms with van der Waals surface area (Å²) in [4.78, 5) is 3.10. The van der Waals surface area contributed by atoms with Gasteiger partial charge in [0.25, 0.3) is 0 Å². The SMILES string of the molecule is COc1ccc2[nH]cc(N)c2c1C. The Labute approximate surface area is 76.5 Å². The number of H-pyrrole nitrogens is 1. The summed E-state index contributed by atoms with van der Waals surface area (Å²) in [6, 6.07) is 3.91. The fourth-order valence-corrected chi connectivity index (χ4v) is 1.63. The Hall–Kier alpha value is -1.64. The number of aromatic amines is 1. The summed E-state index contributed by atoms with van der Waals surface area (Å²) >= 11 is 0. The minimum atomic E-state index is 0.770. The Morgan fingerprint density at radius 3 is 2.85 bits per heavy atom. The zero-order valence-corrected chi connectivity index (χ0v) is 7.72. The van der Waals surface area contributed by atoms with Crippen LogP contribution in [0.2, 0.25) is 0 Å². The van der Waals surface area contributed by atoms with Gasteiger partial charge in [-0.05, 0) is 19.1 Å². The third-order valence-corrected chi connectivity index (χ3v) is 2.31. The van der Waals surface area contributed by atoms with Gasteiger partial charge in [-0.3, -0.25) is 0 Å². The van der Waals surface area contributed by atoms with Crippen LogP contribution in [0.3, 0.4) is 0 Å². The van der Waals surface area contributed by atoms with Crippen molar-refractivity contribution < 1.29 is 4.74 Å². The summed E-state index contributed by atoms with van der Waals surface area (Å²) in [5, 5.41) is 1.05. The summed E-state index contributed by atoms with van der Waals surface area (Å²) in [5.41, 5.74) is 8.72. The lowest BCUT2D eigenvalue weighted by molar-refractivity contribution is 0.412. The first-order valence-corrected chi connectivity index (χ1v) is 4.14. The molecule has 0 bridgehead atoms. The number of nitrogens with two attached hydrogens (primary N) is 1. The summed E-state index contributed by atoms with van der Waals surface area (Å²) in [6.07, 6.45) is 1.80. The van der Waals surface area contributed by atoms with Crippen LogP contribution in [0.25, 0.3) is 10.9 Å². The van der Waals surface area contributed by atoms with Crippen LogP contribution in [0.5, 0.6) is 5.75 Å². The fraction of sp³-hybridized carbons (Fsp3) is 0.200. The molecule has 3 heteroatoms. The number of hydrogen-bond acceptors (Lipinski definition) is 2. The van der Waals surface area contributed by atoms with E-state index in [9.17, 15) is 0 Å². The maximum Gasteiger partial charge on any atom is 0.122 e. The highest BCUT2D eigenvalue weighted by Gasteiger charge is 2.07. The summed E-state index contributed by atoms with van der Waals surface area (Å²) < 4.78 is 5.21. The molecular formula is C10H12N2O. The number of nitrogen functional groups attached to an aromatic ring is 1. The van der Waals surface area contributed by atoms with Gasteiger partial charge in [0.1, 0.15) is 5.75 Å². The molecule has 13 heavy (non-hydrogen) atoms. The van der Waals surface area contributed by atoms with E-state index in [1.807, 2.05) is 19.1 Å². The second-order valence-electron chi connectivity index (χ2n) is 3.06. The Kier molecular flexibility index (Phi) is 1.65. The maximum absolute atomic E-state index is 5.81. The molecule has 0 unspecified atom stereocenters. The minimum Gasteiger partial charge on any atom is -0.496 e. The van der Waals surface area contributed by atoms with Crippen molar-refractivity contribution in [3.05, 3.63) is 23.9 Å². The lowest BCUT2D eigenvalue weighted by atomic mass is 10.1. The van der Waals surface area contributed by atoms with Gasteiger partial charge < -0.3 is 15.5 Å². The van der Waals surface area contributed by atoms with E-state index >= 15 is 0 Å². The van der Waals surface area contributed by atoms with Gasteiger partial charge in [0.05, 0.1) is 12.8 Å². The molecule has 2 aromatic rings. The predicted octanol–water partition coefficient (Wildman–Crippen LogP) is 2.07. The highest BCUT2D eigenvalue weighted by atomic mass is 16.5. The molecule has 0 saturated carbocycles. The van der Waals surface area contributed by atoms with E-state index in [2.05, 4.69) is 4.98 Å². The zero-order valence-electron chi connectivity index (χ0n) is 7.72. The monoisotopic (exact) mass is 176 g/mol. The third-order valence-electron chi connectivity index (χ3n) is 2.31. The van der Waals surface area contributed by atoms with E-state index in [0.717, 1.165) is 27.9 Å². The van der Waals surface area contributed by atoms with Gasteiger partial charge in [-0.2, -0.15) is 0 Å². The number of hydrogen-bond donors (Lipinski definition) is 2. The average Bonchev–Trinajstić information content (AvgIpc) is 2.49. The van der Waals surface area contributed by atoms with Crippen molar-refractivity contribution in [2.45, 2.75) is 6.92 Å². The molecule has 0 aliphatic rings. The largest absolute Gasteiger partial charge is 0.496 e. The molecule has 3 N–H and O–H groups in total. The summed E-state index contributed by atoms with van der Waals surface area (Å²) in [6.45, 7) is 2.01. The molecule has 1 heterocycles. The average molecular weight is 176 g/mol. The number of aromatic nitrogens is 1. The van der Waals surface area contributed by atoms with E-state index in [1.165, 1.54) is 0 Å². The molecule has 68 valence electrons. The third kappa shape index (κ3) is 1.04. The zero-order chi connectivity index (χ0) is 9.42. The quantitative estimate of drug-likeness (QED) is 0.698. The van der Waals surface area contributed by atoms with Crippen LogP contribution in [0.1, 0.15) is 5.56 Å². The van der Waals surface area contributed by atoms with Crippen LogP contribution >= 0.6 is 0 Å². The molecule has 0 fully saturated rings. The standard InChI is InChI=1S/C10H12N2O/c1-6-9(13-2)4-3-8-10(6)7(11)5-12-8/h3-5,12H,11H2,1-2H3. The number of aryl methyl sites for hydroxylation is 1. The highest BCUT2D eigenvalue weighted by Crippen LogP contribution is 2.30. The van der Waals surface area contributed by atoms with Crippen molar-refractivity contribution in [2.24, 2.45) is 0 Å². The van der Waals surface area contributed by atoms with Crippen LogP contribution < -0.4 is 10.5 Å². The van der Waals surface area contributed by atoms with Gasteiger partial charge in [-0.25, -0.2) is 0 Å². The fourth-order valence-electron chi connectivity index (χ4n) is 1.63. The molecule has 0 spiro atoms. The van der Waals surface area contributed by atoms with E-state index in [4.69, 9.17) is 10.5 Å². The molecule has 0 radical (unpaired) electrons. The van der Waals surface area contributed by atoms with Crippen LogP contribution in [-0.2, 0) is 0 Å². The number of fused-ring (bicyclic) bond motifs is 1. The van der Waals surface area contributed by atoms with Gasteiger partial charge in [-0.15, -0.1) is 0 Å². The Balaban J connectivity index is 2.83. The Morgan fingerprint density at radius 2 is 2.15 bits per heavy atom. The van der Waals surface area contributed by atoms with Gasteiger partial charge in [0, 0.05) is 22.7 Å². The first-order valence-electron chi connectivity index (χ1n) is 4.14. The van der Waals surface area contributed by atoms with Gasteiger partial charge in [0.15, 0.2) is 0 Å². The summed E-state index contributed by atoms with van der Waals surface area (Å²) in [5.74, 6) is 0.874. The van der Waals surface area contributed by atoms with Crippen LogP contribution in [0.4, 0.5) is 5.69 Å². The number of ether oxygens (including phenoxy) is 1. The topological polar surface area (TPSA) is 51.0 Å². The van der Waals surface area contributed by atoms with Gasteiger partial charge >= 0.3 is 0 Å². The lowest BCUT2D eigenvalue weighted by Crippen LogP contribution is -1.89. The van der Waals surface area contributed by atoms with Crippen LogP contribution in [0, 0.1) is 6.92 Å². The molecule has 0 aliphatic heterocycles. The van der Waals surface area contributed by atoms with Crippen molar-refractivity contribution in [2.75, 3.05) is 12.8 Å². The maximum atomic E-state index is 5.81. The molecule has 3 nitrogen and oxygen atoms in total. The second kappa shape index (κ2) is 2.69. The number of methoxy groups -OCH3 is 1. The molecule has 0 amide bonds. The van der Waals surface area contributed by atoms with Gasteiger partial charge in [-0.1, -0.05) is 0 Å². The van der Waals surface area contributed by atoms with E-state index in [-0.39, 0.29) is 0 Å². The van der Waals surface area contributed by atoms with E-state index in [0.29, 0.717) is 0 Å². The Morgan fingerprint density at radius 1 is 1.38 bits per heavy atom. The molecule has 1 aromatic carbocycles. The molecule has 0 aliphatic carbocycles. The molecule has 1 aromatic heterocycles. The molecular weight excluding hydrogens is 164 g/mol. The number of benzene rings is 1. The number of rotatable bonds is 1. The van der Waals surface area contributed by atoms with Crippen molar-refractivity contribution in [3.8, 4) is 5.75 Å². The first kappa shape index (κ1) is 7.98. The van der Waals surface area contributed by atoms with Crippen LogP contribution in [0.15, 0.2) is 18.3 Å². The number of nitrogens with one attached hydrogen (secondary N) is 1. The van der Waals surface area contributed by atoms with Crippen molar-refractivity contribution in [3.63, 3.8) is 0 Å². The second-order valence-corrected chi connectivity index (χ2v) is 3.06. The van der Waals surface area contributed by atoms with E-state index < -0.39 is 0 Å². The van der Waals surface area contributed by atoms with Crippen molar-refractivity contribution in [1.82, 2.24) is 4.98 Å². The minimum absolute atomic E-state index is 0.770. The van der Waals surface area contributed by atoms with Crippen molar-refractivity contribution >= 4 is 16.6 Å². The number of anilines is 1. The van der Waals surface area contributed by atoms with Crippen LogP contribution in [-0.4, -0.2) is 12.1 Å². The smallest absolute Gasteiger partial charge is 0.122 e. The summed E-state index contributed by atoms with van der Waals surface area (Å²) in [7, 11) is 1.66. The first-order chi connectivity index (χ1) is 6.24. The van der Waals surface area contributed by atoms with E-state index in [1.54, 1.807) is 13.3 Å². The highest BCUT2D eigenvalue weighted by molar-refractivity contribution is 5.95. The molecule has 0 atom stereocenters. The van der Waals surface area contributed by atoms with Crippen molar-refractivity contribution in [1.29, 1.82) is 0 Å². The molecule has 0 saturated heterocycles. The Bertz CT molecular complexity index is 445. The normalized spacial score (nSPS) is 10.6. The lowest BCUT2D eigenvalue weighted by Gasteiger charge is -2.05. The molecule has 2 rings (SSSR count).